The number of hydrogen-bond donors (Lipinski definition) is 1. The highest BCUT2D eigenvalue weighted by Gasteiger charge is 2.20. The lowest BCUT2D eigenvalue weighted by Gasteiger charge is -2.26. The summed E-state index contributed by atoms with van der Waals surface area (Å²) in [4.78, 5) is 14.6. The fourth-order valence-electron chi connectivity index (χ4n) is 3.16. The molecule has 0 radical (unpaired) electrons. The summed E-state index contributed by atoms with van der Waals surface area (Å²) < 4.78 is 16.1. The molecule has 0 bridgehead atoms. The summed E-state index contributed by atoms with van der Waals surface area (Å²) in [5, 5.41) is 3.04. The summed E-state index contributed by atoms with van der Waals surface area (Å²) >= 11 is 0. The summed E-state index contributed by atoms with van der Waals surface area (Å²) in [6.45, 7) is 4.24. The van der Waals surface area contributed by atoms with Crippen LogP contribution in [0.3, 0.4) is 0 Å². The van der Waals surface area contributed by atoms with Crippen LogP contribution in [0.2, 0.25) is 0 Å². The zero-order valence-electron chi connectivity index (χ0n) is 17.5. The Morgan fingerprint density at radius 1 is 0.964 bits per heavy atom. The van der Waals surface area contributed by atoms with Crippen molar-refractivity contribution < 1.29 is 19.0 Å². The van der Waals surface area contributed by atoms with Crippen LogP contribution in [0.5, 0.6) is 17.2 Å². The molecule has 0 saturated carbocycles. The highest BCUT2D eigenvalue weighted by Crippen LogP contribution is 2.30. The Bertz CT molecular complexity index is 794. The van der Waals surface area contributed by atoms with E-state index in [1.165, 1.54) is 0 Å². The van der Waals surface area contributed by atoms with Gasteiger partial charge >= 0.3 is 0 Å². The molecule has 0 spiro atoms. The maximum Gasteiger partial charge on any atom is 0.234 e. The van der Waals surface area contributed by atoms with Gasteiger partial charge in [0, 0.05) is 17.2 Å². The summed E-state index contributed by atoms with van der Waals surface area (Å²) in [6.07, 6.45) is 0. The molecular formula is C22H30N2O4. The largest absolute Gasteiger partial charge is 0.497 e. The average molecular weight is 386 g/mol. The van der Waals surface area contributed by atoms with Gasteiger partial charge in [-0.25, -0.2) is 0 Å². The van der Waals surface area contributed by atoms with Crippen LogP contribution in [0.15, 0.2) is 42.5 Å². The highest BCUT2D eigenvalue weighted by molar-refractivity contribution is 5.78. The number of methoxy groups -OCH3 is 3. The van der Waals surface area contributed by atoms with Crippen molar-refractivity contribution in [3.8, 4) is 17.2 Å². The SMILES string of the molecule is COc1ccc(OC)c(C(C)NC(=O)CN(C)C(C)c2ccccc2OC)c1. The third kappa shape index (κ3) is 5.16. The number of ether oxygens (including phenoxy) is 3. The molecule has 0 heterocycles. The molecule has 28 heavy (non-hydrogen) atoms. The number of carbonyl (C=O) groups excluding carboxylic acids is 1. The lowest BCUT2D eigenvalue weighted by molar-refractivity contribution is -0.123. The number of rotatable bonds is 9. The van der Waals surface area contributed by atoms with Gasteiger partial charge in [-0.05, 0) is 45.2 Å². The summed E-state index contributed by atoms with van der Waals surface area (Å²) in [5.41, 5.74) is 1.92. The minimum atomic E-state index is -0.215. The monoisotopic (exact) mass is 386 g/mol. The van der Waals surface area contributed by atoms with E-state index in [1.54, 1.807) is 21.3 Å². The first-order valence-electron chi connectivity index (χ1n) is 9.25. The first-order valence-corrected chi connectivity index (χ1v) is 9.25. The molecular weight excluding hydrogens is 356 g/mol. The van der Waals surface area contributed by atoms with E-state index in [1.807, 2.05) is 61.3 Å². The third-order valence-corrected chi connectivity index (χ3v) is 4.92. The van der Waals surface area contributed by atoms with Gasteiger partial charge in [-0.2, -0.15) is 0 Å². The number of carbonyl (C=O) groups is 1. The maximum absolute atomic E-state index is 12.6. The minimum Gasteiger partial charge on any atom is -0.497 e. The van der Waals surface area contributed by atoms with E-state index in [-0.39, 0.29) is 24.5 Å². The first-order chi connectivity index (χ1) is 13.4. The Kier molecular flexibility index (Phi) is 7.70. The van der Waals surface area contributed by atoms with Crippen molar-refractivity contribution in [2.45, 2.75) is 25.9 Å². The van der Waals surface area contributed by atoms with Crippen molar-refractivity contribution in [3.05, 3.63) is 53.6 Å². The number of amides is 1. The van der Waals surface area contributed by atoms with Gasteiger partial charge in [-0.3, -0.25) is 9.69 Å². The molecule has 0 aromatic heterocycles. The van der Waals surface area contributed by atoms with Crippen molar-refractivity contribution in [2.75, 3.05) is 34.9 Å². The molecule has 6 heteroatoms. The number of likely N-dealkylation sites (N-methyl/N-ethyl adjacent to an activating group) is 1. The molecule has 6 nitrogen and oxygen atoms in total. The topological polar surface area (TPSA) is 60.0 Å². The van der Waals surface area contributed by atoms with Gasteiger partial charge in [0.2, 0.25) is 5.91 Å². The van der Waals surface area contributed by atoms with Crippen molar-refractivity contribution in [3.63, 3.8) is 0 Å². The van der Waals surface area contributed by atoms with E-state index < -0.39 is 0 Å². The van der Waals surface area contributed by atoms with Gasteiger partial charge in [0.25, 0.3) is 0 Å². The van der Waals surface area contributed by atoms with Crippen molar-refractivity contribution >= 4 is 5.91 Å². The fourth-order valence-corrected chi connectivity index (χ4v) is 3.16. The zero-order valence-corrected chi connectivity index (χ0v) is 17.5. The van der Waals surface area contributed by atoms with Gasteiger partial charge in [0.15, 0.2) is 0 Å². The molecule has 2 aromatic carbocycles. The average Bonchev–Trinajstić information content (AvgIpc) is 2.72. The number of nitrogens with zero attached hydrogens (tertiary/aromatic N) is 1. The Morgan fingerprint density at radius 3 is 2.25 bits per heavy atom. The van der Waals surface area contributed by atoms with Crippen molar-refractivity contribution in [1.29, 1.82) is 0 Å². The van der Waals surface area contributed by atoms with Crippen LogP contribution in [-0.2, 0) is 4.79 Å². The summed E-state index contributed by atoms with van der Waals surface area (Å²) in [7, 11) is 6.81. The lowest BCUT2D eigenvalue weighted by atomic mass is 10.1. The second kappa shape index (κ2) is 9.99. The van der Waals surface area contributed by atoms with E-state index in [4.69, 9.17) is 14.2 Å². The van der Waals surface area contributed by atoms with Crippen molar-refractivity contribution in [2.24, 2.45) is 0 Å². The van der Waals surface area contributed by atoms with Gasteiger partial charge < -0.3 is 19.5 Å². The summed E-state index contributed by atoms with van der Waals surface area (Å²) in [6, 6.07) is 13.2. The van der Waals surface area contributed by atoms with Crippen LogP contribution < -0.4 is 19.5 Å². The first kappa shape index (κ1) is 21.6. The summed E-state index contributed by atoms with van der Waals surface area (Å²) in [5.74, 6) is 2.18. The molecule has 1 amide bonds. The van der Waals surface area contributed by atoms with Crippen LogP contribution in [0, 0.1) is 0 Å². The Hall–Kier alpha value is -2.73. The number of hydrogen-bond acceptors (Lipinski definition) is 5. The van der Waals surface area contributed by atoms with Crippen molar-refractivity contribution in [1.82, 2.24) is 10.2 Å². The van der Waals surface area contributed by atoms with Gasteiger partial charge in [0.1, 0.15) is 17.2 Å². The third-order valence-electron chi connectivity index (χ3n) is 4.92. The molecule has 2 rings (SSSR count). The van der Waals surface area contributed by atoms with Gasteiger partial charge in [0.05, 0.1) is 33.9 Å². The Balaban J connectivity index is 2.05. The number of para-hydroxylation sites is 1. The maximum atomic E-state index is 12.6. The van der Waals surface area contributed by atoms with Crippen LogP contribution in [0.4, 0.5) is 0 Å². The molecule has 0 aliphatic heterocycles. The second-order valence-electron chi connectivity index (χ2n) is 6.73. The predicted octanol–water partition coefficient (Wildman–Crippen LogP) is 3.58. The molecule has 0 aliphatic rings. The lowest BCUT2D eigenvalue weighted by Crippen LogP contribution is -2.37. The van der Waals surface area contributed by atoms with Gasteiger partial charge in [-0.1, -0.05) is 18.2 Å². The van der Waals surface area contributed by atoms with Crippen LogP contribution >= 0.6 is 0 Å². The molecule has 2 unspecified atom stereocenters. The van der Waals surface area contributed by atoms with E-state index >= 15 is 0 Å². The molecule has 0 fully saturated rings. The number of nitrogens with one attached hydrogen (secondary N) is 1. The van der Waals surface area contributed by atoms with Gasteiger partial charge in [-0.15, -0.1) is 0 Å². The Labute approximate surface area is 167 Å². The van der Waals surface area contributed by atoms with E-state index in [9.17, 15) is 4.79 Å². The standard InChI is InChI=1S/C22H30N2O4/c1-15(19-13-17(26-4)11-12-21(19)28-6)23-22(25)14-24(3)16(2)18-9-7-8-10-20(18)27-5/h7-13,15-16H,14H2,1-6H3,(H,23,25). The number of benzene rings is 2. The molecule has 2 atom stereocenters. The quantitative estimate of drug-likeness (QED) is 0.714. The normalized spacial score (nSPS) is 13.0. The van der Waals surface area contributed by atoms with Crippen LogP contribution in [-0.4, -0.2) is 45.7 Å². The second-order valence-corrected chi connectivity index (χ2v) is 6.73. The fraction of sp³-hybridized carbons (Fsp3) is 0.409. The molecule has 0 aliphatic carbocycles. The van der Waals surface area contributed by atoms with E-state index in [0.29, 0.717) is 5.75 Å². The van der Waals surface area contributed by atoms with E-state index in [2.05, 4.69) is 12.2 Å². The molecule has 2 aromatic rings. The smallest absolute Gasteiger partial charge is 0.234 e. The highest BCUT2D eigenvalue weighted by atomic mass is 16.5. The van der Waals surface area contributed by atoms with Crippen LogP contribution in [0.1, 0.15) is 37.1 Å². The molecule has 152 valence electrons. The molecule has 1 N–H and O–H groups in total. The molecule has 0 saturated heterocycles. The predicted molar refractivity (Wildman–Crippen MR) is 110 cm³/mol. The van der Waals surface area contributed by atoms with Crippen LogP contribution in [0.25, 0.3) is 0 Å². The Morgan fingerprint density at radius 2 is 1.61 bits per heavy atom. The zero-order chi connectivity index (χ0) is 20.7. The minimum absolute atomic E-state index is 0.0311. The van der Waals surface area contributed by atoms with E-state index in [0.717, 1.165) is 22.6 Å².